The number of ether oxygens (including phenoxy) is 1. The van der Waals surface area contributed by atoms with E-state index >= 15 is 0 Å². The van der Waals surface area contributed by atoms with Gasteiger partial charge in [0.1, 0.15) is 0 Å². The Bertz CT molecular complexity index is 449. The predicted octanol–water partition coefficient (Wildman–Crippen LogP) is 3.03. The summed E-state index contributed by atoms with van der Waals surface area (Å²) in [6.45, 7) is 8.73. The molecule has 1 rings (SSSR count). The summed E-state index contributed by atoms with van der Waals surface area (Å²) < 4.78 is 5.49. The Labute approximate surface area is 131 Å². The third-order valence-corrected chi connectivity index (χ3v) is 3.89. The van der Waals surface area contributed by atoms with E-state index in [9.17, 15) is 4.79 Å². The number of nitrogens with zero attached hydrogens (tertiary/aromatic N) is 1. The van der Waals surface area contributed by atoms with Crippen LogP contribution in [0.3, 0.4) is 0 Å². The molecule has 0 saturated carbocycles. The molecule has 0 bridgehead atoms. The van der Waals surface area contributed by atoms with Gasteiger partial charge in [-0.05, 0) is 18.1 Å². The normalized spacial score (nSPS) is 11.0. The second-order valence-electron chi connectivity index (χ2n) is 5.19. The van der Waals surface area contributed by atoms with Crippen LogP contribution in [0, 0.1) is 0 Å². The zero-order chi connectivity index (χ0) is 15.5. The van der Waals surface area contributed by atoms with E-state index in [0.717, 1.165) is 50.5 Å². The van der Waals surface area contributed by atoms with Gasteiger partial charge in [-0.25, -0.2) is 4.98 Å². The molecule has 2 N–H and O–H groups in total. The monoisotopic (exact) mass is 313 g/mol. The van der Waals surface area contributed by atoms with Crippen molar-refractivity contribution in [1.82, 2.24) is 9.97 Å². The molecule has 0 aliphatic carbocycles. The van der Waals surface area contributed by atoms with Gasteiger partial charge in [0.25, 0.3) is 5.56 Å². The Balaban J connectivity index is 2.32. The van der Waals surface area contributed by atoms with Gasteiger partial charge in [0.05, 0.1) is 5.69 Å². The molecule has 0 radical (unpaired) electrons. The lowest BCUT2D eigenvalue weighted by atomic mass is 10.4. The molecule has 0 spiro atoms. The van der Waals surface area contributed by atoms with Gasteiger partial charge in [-0.15, -0.1) is 0 Å². The van der Waals surface area contributed by atoms with Gasteiger partial charge >= 0.3 is 0 Å². The van der Waals surface area contributed by atoms with Gasteiger partial charge in [-0.2, -0.15) is 11.8 Å². The molecule has 0 unspecified atom stereocenters. The van der Waals surface area contributed by atoms with E-state index in [0.29, 0.717) is 11.2 Å². The summed E-state index contributed by atoms with van der Waals surface area (Å²) in [5.74, 6) is 1.31. The number of hydrogen-bond donors (Lipinski definition) is 2. The van der Waals surface area contributed by atoms with Crippen molar-refractivity contribution in [1.29, 1.82) is 0 Å². The Morgan fingerprint density at radius 1 is 1.38 bits per heavy atom. The molecular weight excluding hydrogens is 286 g/mol. The third-order valence-electron chi connectivity index (χ3n) is 2.76. The van der Waals surface area contributed by atoms with Crippen molar-refractivity contribution in [3.63, 3.8) is 0 Å². The van der Waals surface area contributed by atoms with Crippen LogP contribution in [-0.4, -0.2) is 35.0 Å². The molecule has 0 aromatic carbocycles. The molecule has 0 atom stereocenters. The number of nitrogens with one attached hydrogen (secondary N) is 2. The van der Waals surface area contributed by atoms with E-state index in [1.54, 1.807) is 17.8 Å². The molecule has 0 aliphatic rings. The first-order valence-corrected chi connectivity index (χ1v) is 8.70. The minimum atomic E-state index is -0.106. The maximum Gasteiger partial charge on any atom is 0.252 e. The van der Waals surface area contributed by atoms with E-state index < -0.39 is 0 Å². The number of thioether (sulfide) groups is 1. The molecule has 1 aromatic heterocycles. The zero-order valence-electron chi connectivity index (χ0n) is 13.3. The molecule has 0 aliphatic heterocycles. The van der Waals surface area contributed by atoms with E-state index in [1.165, 1.54) is 0 Å². The molecule has 1 heterocycles. The van der Waals surface area contributed by atoms with Crippen molar-refractivity contribution >= 4 is 17.7 Å². The first-order chi connectivity index (χ1) is 10.1. The summed E-state index contributed by atoms with van der Waals surface area (Å²) in [4.78, 5) is 18.7. The Morgan fingerprint density at radius 3 is 2.86 bits per heavy atom. The van der Waals surface area contributed by atoms with Crippen LogP contribution < -0.4 is 10.9 Å². The first-order valence-electron chi connectivity index (χ1n) is 7.65. The summed E-state index contributed by atoms with van der Waals surface area (Å²) in [5.41, 5.74) is 0.713. The standard InChI is InChI=1S/C15H27N3O2S/c1-4-5-8-20-9-6-7-16-15-17-13(10-14(19)18-15)11-21-12(2)3/h10,12H,4-9,11H2,1-3H3,(H2,16,17,18,19). The van der Waals surface area contributed by atoms with E-state index in [2.05, 4.69) is 36.1 Å². The lowest BCUT2D eigenvalue weighted by molar-refractivity contribution is 0.131. The fourth-order valence-electron chi connectivity index (χ4n) is 1.65. The van der Waals surface area contributed by atoms with Gasteiger partial charge in [-0.3, -0.25) is 9.78 Å². The third kappa shape index (κ3) is 8.78. The van der Waals surface area contributed by atoms with Crippen LogP contribution in [0.15, 0.2) is 10.9 Å². The van der Waals surface area contributed by atoms with Crippen LogP contribution in [-0.2, 0) is 10.5 Å². The molecule has 0 amide bonds. The van der Waals surface area contributed by atoms with E-state index in [-0.39, 0.29) is 5.56 Å². The molecule has 0 fully saturated rings. The van der Waals surface area contributed by atoms with Crippen molar-refractivity contribution < 1.29 is 4.74 Å². The second-order valence-corrected chi connectivity index (χ2v) is 6.76. The largest absolute Gasteiger partial charge is 0.381 e. The number of unbranched alkanes of at least 4 members (excludes halogenated alkanes) is 1. The molecule has 120 valence electrons. The number of aromatic nitrogens is 2. The number of H-pyrrole nitrogens is 1. The number of rotatable bonds is 11. The molecule has 6 heteroatoms. The van der Waals surface area contributed by atoms with Crippen molar-refractivity contribution in [3.8, 4) is 0 Å². The Kier molecular flexibility index (Phi) is 9.17. The SMILES string of the molecule is CCCCOCCCNc1nc(CSC(C)C)cc(=O)[nH]1. The van der Waals surface area contributed by atoms with Crippen LogP contribution >= 0.6 is 11.8 Å². The van der Waals surface area contributed by atoms with Crippen LogP contribution in [0.2, 0.25) is 0 Å². The van der Waals surface area contributed by atoms with Crippen molar-refractivity contribution in [2.24, 2.45) is 0 Å². The highest BCUT2D eigenvalue weighted by Gasteiger charge is 2.03. The average molecular weight is 313 g/mol. The topological polar surface area (TPSA) is 67.0 Å². The summed E-state index contributed by atoms with van der Waals surface area (Å²) >= 11 is 1.78. The number of aromatic amines is 1. The molecule has 21 heavy (non-hydrogen) atoms. The van der Waals surface area contributed by atoms with Gasteiger partial charge in [0.2, 0.25) is 5.95 Å². The summed E-state index contributed by atoms with van der Waals surface area (Å²) in [7, 11) is 0. The van der Waals surface area contributed by atoms with Crippen LogP contribution in [0.5, 0.6) is 0 Å². The molecule has 5 nitrogen and oxygen atoms in total. The average Bonchev–Trinajstić information content (AvgIpc) is 2.44. The highest BCUT2D eigenvalue weighted by Crippen LogP contribution is 2.15. The predicted molar refractivity (Wildman–Crippen MR) is 90.1 cm³/mol. The van der Waals surface area contributed by atoms with E-state index in [4.69, 9.17) is 4.74 Å². The van der Waals surface area contributed by atoms with Crippen LogP contribution in [0.1, 0.15) is 45.7 Å². The van der Waals surface area contributed by atoms with Gasteiger partial charge in [0.15, 0.2) is 0 Å². The first kappa shape index (κ1) is 18.0. The van der Waals surface area contributed by atoms with Crippen molar-refractivity contribution in [2.75, 3.05) is 25.1 Å². The van der Waals surface area contributed by atoms with Crippen molar-refractivity contribution in [3.05, 3.63) is 22.1 Å². The molecule has 0 saturated heterocycles. The summed E-state index contributed by atoms with van der Waals surface area (Å²) in [6, 6.07) is 1.56. The smallest absolute Gasteiger partial charge is 0.252 e. The lowest BCUT2D eigenvalue weighted by Crippen LogP contribution is -2.15. The Hall–Kier alpha value is -1.01. The van der Waals surface area contributed by atoms with Crippen LogP contribution in [0.25, 0.3) is 0 Å². The lowest BCUT2D eigenvalue weighted by Gasteiger charge is -2.08. The van der Waals surface area contributed by atoms with Crippen LogP contribution in [0.4, 0.5) is 5.95 Å². The zero-order valence-corrected chi connectivity index (χ0v) is 14.1. The summed E-state index contributed by atoms with van der Waals surface area (Å²) in [6.07, 6.45) is 3.17. The van der Waals surface area contributed by atoms with E-state index in [1.807, 2.05) is 0 Å². The van der Waals surface area contributed by atoms with Gasteiger partial charge in [-0.1, -0.05) is 27.2 Å². The van der Waals surface area contributed by atoms with Crippen molar-refractivity contribution in [2.45, 2.75) is 51.0 Å². The highest BCUT2D eigenvalue weighted by atomic mass is 32.2. The fourth-order valence-corrected chi connectivity index (χ4v) is 2.30. The molecule has 1 aromatic rings. The van der Waals surface area contributed by atoms with Gasteiger partial charge < -0.3 is 10.1 Å². The second kappa shape index (κ2) is 10.7. The minimum Gasteiger partial charge on any atom is -0.381 e. The maximum atomic E-state index is 11.6. The number of hydrogen-bond acceptors (Lipinski definition) is 5. The molecular formula is C15H27N3O2S. The summed E-state index contributed by atoms with van der Waals surface area (Å²) in [5, 5.41) is 3.68. The Morgan fingerprint density at radius 2 is 2.14 bits per heavy atom. The van der Waals surface area contributed by atoms with Gasteiger partial charge in [0, 0.05) is 31.6 Å². The minimum absolute atomic E-state index is 0.106. The quantitative estimate of drug-likeness (QED) is 0.615. The highest BCUT2D eigenvalue weighted by molar-refractivity contribution is 7.99. The fraction of sp³-hybridized carbons (Fsp3) is 0.733. The number of anilines is 1. The maximum absolute atomic E-state index is 11.6.